The van der Waals surface area contributed by atoms with Crippen LogP contribution in [0.3, 0.4) is 0 Å². The third-order valence-electron chi connectivity index (χ3n) is 20.4. The van der Waals surface area contributed by atoms with Crippen molar-refractivity contribution in [2.24, 2.45) is 0 Å². The Balaban J connectivity index is 1.02. The Hall–Kier alpha value is -8.88. The summed E-state index contributed by atoms with van der Waals surface area (Å²) in [6, 6.07) is 75.1. The Kier molecular flexibility index (Phi) is 12.4. The summed E-state index contributed by atoms with van der Waals surface area (Å²) in [5.74, 6) is 0. The maximum absolute atomic E-state index is 7.28. The average molecular weight is 1250 g/mol. The van der Waals surface area contributed by atoms with Gasteiger partial charge in [-0.2, -0.15) is 0 Å². The number of para-hydroxylation sites is 2. The van der Waals surface area contributed by atoms with E-state index in [4.69, 9.17) is 8.83 Å². The van der Waals surface area contributed by atoms with Gasteiger partial charge in [0, 0.05) is 95.8 Å². The van der Waals surface area contributed by atoms with E-state index in [0.29, 0.717) is 0 Å². The van der Waals surface area contributed by atoms with Gasteiger partial charge in [0.25, 0.3) is 6.71 Å². The van der Waals surface area contributed by atoms with Crippen molar-refractivity contribution in [1.29, 1.82) is 0 Å². The van der Waals surface area contributed by atoms with E-state index >= 15 is 0 Å². The monoisotopic (exact) mass is 1240 g/mol. The first kappa shape index (κ1) is 58.0. The van der Waals surface area contributed by atoms with Crippen molar-refractivity contribution in [3.63, 3.8) is 0 Å². The Morgan fingerprint density at radius 2 is 0.613 bits per heavy atom. The standard InChI is InChI=1S/C86H77BN2O2S2/c1-82(2,3)50-32-48(33-51(36-50)83(4,5)6)55-24-16-20-28-67(55)88-69-42-61-59-40-63-57-26-18-22-30-77(57)92-79(63)46-75(59)90-73(61)44-65(69)87-66-45-74-62(60-41-64-58-27-19-23-31-78(58)93-80(64)47-76(60)91-74)43-70(66)89(72-39-54(86(13,14)15)38-71(88)81(72)87)68-29-21-17-25-56(68)49-34-52(84(7,8)9)37-53(35-49)85(10,11)12/h16-47H,1-15H3. The molecule has 11 aromatic carbocycles. The highest BCUT2D eigenvalue weighted by Crippen LogP contribution is 2.53. The molecule has 17 rings (SSSR count). The number of hydrogen-bond acceptors (Lipinski definition) is 6. The van der Waals surface area contributed by atoms with Crippen LogP contribution in [0.1, 0.15) is 132 Å². The van der Waals surface area contributed by atoms with E-state index in [9.17, 15) is 0 Å². The number of furan rings is 2. The highest BCUT2D eigenvalue weighted by molar-refractivity contribution is 7.26. The number of benzene rings is 11. The van der Waals surface area contributed by atoms with Crippen LogP contribution in [0, 0.1) is 0 Å². The second kappa shape index (κ2) is 19.8. The molecular weight excluding hydrogens is 1170 g/mol. The minimum Gasteiger partial charge on any atom is -0.456 e. The van der Waals surface area contributed by atoms with Gasteiger partial charge in [0.1, 0.15) is 22.3 Å². The quantitative estimate of drug-likeness (QED) is 0.164. The van der Waals surface area contributed by atoms with Gasteiger partial charge in [-0.15, -0.1) is 22.7 Å². The summed E-state index contributed by atoms with van der Waals surface area (Å²) in [5.41, 5.74) is 24.7. The fourth-order valence-electron chi connectivity index (χ4n) is 15.0. The molecule has 2 aliphatic rings. The minimum atomic E-state index is -0.262. The molecule has 0 saturated carbocycles. The number of anilines is 6. The van der Waals surface area contributed by atoms with Gasteiger partial charge in [0.15, 0.2) is 0 Å². The Morgan fingerprint density at radius 3 is 1.00 bits per heavy atom. The molecule has 0 aliphatic carbocycles. The van der Waals surface area contributed by atoms with Crippen LogP contribution in [0.5, 0.6) is 0 Å². The molecule has 0 fully saturated rings. The maximum atomic E-state index is 7.28. The van der Waals surface area contributed by atoms with Crippen LogP contribution in [0.2, 0.25) is 0 Å². The van der Waals surface area contributed by atoms with Crippen LogP contribution in [0.15, 0.2) is 203 Å². The van der Waals surface area contributed by atoms with Gasteiger partial charge in [0.2, 0.25) is 0 Å². The molecule has 6 heterocycles. The molecular formula is C86H77BN2O2S2. The zero-order valence-electron chi connectivity index (χ0n) is 56.1. The largest absolute Gasteiger partial charge is 0.456 e. The summed E-state index contributed by atoms with van der Waals surface area (Å²) in [6.07, 6.45) is 0. The second-order valence-corrected chi connectivity index (χ2v) is 34.0. The molecule has 0 radical (unpaired) electrons. The third kappa shape index (κ3) is 9.10. The molecule has 4 nitrogen and oxygen atoms in total. The van der Waals surface area contributed by atoms with Crippen LogP contribution in [-0.2, 0) is 27.1 Å². The first-order valence-corrected chi connectivity index (χ1v) is 34.8. The number of fused-ring (bicyclic) bond motifs is 16. The zero-order chi connectivity index (χ0) is 64.3. The van der Waals surface area contributed by atoms with Crippen molar-refractivity contribution in [3.05, 3.63) is 222 Å². The zero-order valence-corrected chi connectivity index (χ0v) is 57.7. The van der Waals surface area contributed by atoms with E-state index < -0.39 is 0 Å². The predicted octanol–water partition coefficient (Wildman–Crippen LogP) is 24.1. The molecule has 0 N–H and O–H groups in total. The van der Waals surface area contributed by atoms with Crippen LogP contribution in [0.25, 0.3) is 106 Å². The van der Waals surface area contributed by atoms with Gasteiger partial charge in [-0.05, 0) is 167 Å². The number of hydrogen-bond donors (Lipinski definition) is 0. The summed E-state index contributed by atoms with van der Waals surface area (Å²) in [7, 11) is 0. The Bertz CT molecular complexity index is 5290. The topological polar surface area (TPSA) is 32.8 Å². The fraction of sp³-hybridized carbons (Fsp3) is 0.233. The lowest BCUT2D eigenvalue weighted by atomic mass is 9.33. The molecule has 7 heteroatoms. The van der Waals surface area contributed by atoms with Gasteiger partial charge >= 0.3 is 0 Å². The van der Waals surface area contributed by atoms with Gasteiger partial charge in [-0.25, -0.2) is 0 Å². The van der Waals surface area contributed by atoms with Gasteiger partial charge in [-0.3, -0.25) is 0 Å². The van der Waals surface area contributed by atoms with E-state index in [2.05, 4.69) is 308 Å². The maximum Gasteiger partial charge on any atom is 0.252 e. The summed E-state index contributed by atoms with van der Waals surface area (Å²) in [4.78, 5) is 5.31. The van der Waals surface area contributed by atoms with E-state index in [0.717, 1.165) is 66.6 Å². The summed E-state index contributed by atoms with van der Waals surface area (Å²) in [5, 5.41) is 9.50. The molecule has 0 amide bonds. The van der Waals surface area contributed by atoms with Crippen molar-refractivity contribution in [2.75, 3.05) is 9.80 Å². The number of thiophene rings is 2. The molecule has 0 atom stereocenters. The third-order valence-corrected chi connectivity index (χ3v) is 22.6. The van der Waals surface area contributed by atoms with Gasteiger partial charge in [0.05, 0.1) is 11.4 Å². The Morgan fingerprint density at radius 1 is 0.280 bits per heavy atom. The average Bonchev–Trinajstić information content (AvgIpc) is 1.62. The lowest BCUT2D eigenvalue weighted by molar-refractivity contribution is 0.568. The molecule has 0 saturated heterocycles. The van der Waals surface area contributed by atoms with Gasteiger partial charge in [-0.1, -0.05) is 213 Å². The Labute approximate surface area is 554 Å². The lowest BCUT2D eigenvalue weighted by Gasteiger charge is -2.45. The first-order valence-electron chi connectivity index (χ1n) is 33.1. The molecule has 0 bridgehead atoms. The van der Waals surface area contributed by atoms with Crippen molar-refractivity contribution < 1.29 is 8.83 Å². The summed E-state index contributed by atoms with van der Waals surface area (Å²) >= 11 is 3.67. The number of rotatable bonds is 4. The molecule has 93 heavy (non-hydrogen) atoms. The minimum absolute atomic E-state index is 0.0889. The normalized spacial score (nSPS) is 13.9. The van der Waals surface area contributed by atoms with Crippen molar-refractivity contribution in [1.82, 2.24) is 0 Å². The molecule has 15 aromatic rings. The van der Waals surface area contributed by atoms with Crippen molar-refractivity contribution in [2.45, 2.75) is 131 Å². The molecule has 0 spiro atoms. The smallest absolute Gasteiger partial charge is 0.252 e. The van der Waals surface area contributed by atoms with E-state index in [-0.39, 0.29) is 33.8 Å². The molecule has 458 valence electrons. The highest BCUT2D eigenvalue weighted by Gasteiger charge is 2.46. The molecule has 0 unspecified atom stereocenters. The van der Waals surface area contributed by atoms with E-state index in [1.165, 1.54) is 118 Å². The molecule has 2 aliphatic heterocycles. The van der Waals surface area contributed by atoms with Crippen LogP contribution in [0.4, 0.5) is 34.1 Å². The van der Waals surface area contributed by atoms with Crippen molar-refractivity contribution >= 4 is 164 Å². The van der Waals surface area contributed by atoms with Crippen LogP contribution < -0.4 is 26.2 Å². The van der Waals surface area contributed by atoms with Crippen molar-refractivity contribution in [3.8, 4) is 22.3 Å². The van der Waals surface area contributed by atoms with E-state index in [1.54, 1.807) is 0 Å². The fourth-order valence-corrected chi connectivity index (χ4v) is 17.3. The number of nitrogens with zero attached hydrogens (tertiary/aromatic N) is 2. The second-order valence-electron chi connectivity index (χ2n) is 31.8. The summed E-state index contributed by atoms with van der Waals surface area (Å²) in [6.45, 7) is 35.1. The predicted molar refractivity (Wildman–Crippen MR) is 405 cm³/mol. The highest BCUT2D eigenvalue weighted by atomic mass is 32.1. The SMILES string of the molecule is CC(C)(C)c1cc(-c2ccccc2N2c3cc4c(cc3B3c5cc6oc7cc8sc9ccccc9c8cc7c6cc5N(c5ccccc5-c5cc(C(C)(C)C)cc(C(C)(C)C)c5)c5cc(C(C)(C)C)cc2c53)oc2cc3sc5ccccc5c3cc24)cc(C(C)(C)C)c1. The van der Waals surface area contributed by atoms with Gasteiger partial charge < -0.3 is 18.6 Å². The van der Waals surface area contributed by atoms with Crippen LogP contribution in [-0.4, -0.2) is 6.71 Å². The first-order chi connectivity index (χ1) is 44.2. The van der Waals surface area contributed by atoms with Crippen LogP contribution >= 0.6 is 22.7 Å². The van der Waals surface area contributed by atoms with E-state index in [1.807, 2.05) is 22.7 Å². The summed E-state index contributed by atoms with van der Waals surface area (Å²) < 4.78 is 19.6. The lowest BCUT2D eigenvalue weighted by Crippen LogP contribution is -2.61. The molecule has 4 aromatic heterocycles.